The Labute approximate surface area is 103 Å². The number of pyridine rings is 1. The third-order valence-corrected chi connectivity index (χ3v) is 2.46. The zero-order valence-electron chi connectivity index (χ0n) is 8.97. The number of nitrogens with one attached hydrogen (secondary N) is 1. The van der Waals surface area contributed by atoms with Gasteiger partial charge in [-0.3, -0.25) is 4.98 Å². The average molecular weight is 244 g/mol. The van der Waals surface area contributed by atoms with Crippen LogP contribution in [0.25, 0.3) is 11.3 Å². The van der Waals surface area contributed by atoms with Crippen LogP contribution in [0.5, 0.6) is 5.75 Å². The first-order chi connectivity index (χ1) is 8.26. The molecule has 2 heterocycles. The van der Waals surface area contributed by atoms with Crippen molar-refractivity contribution in [2.24, 2.45) is 0 Å². The van der Waals surface area contributed by atoms with Gasteiger partial charge in [0.2, 0.25) is 0 Å². The summed E-state index contributed by atoms with van der Waals surface area (Å²) in [6.45, 7) is 0. The highest BCUT2D eigenvalue weighted by molar-refractivity contribution is 7.71. The molecule has 0 unspecified atom stereocenters. The van der Waals surface area contributed by atoms with E-state index in [1.165, 1.54) is 19.6 Å². The van der Waals surface area contributed by atoms with Crippen LogP contribution in [0.1, 0.15) is 5.56 Å². The maximum Gasteiger partial charge on any atom is 0.179 e. The molecular weight excluding hydrogens is 236 g/mol. The lowest BCUT2D eigenvalue weighted by molar-refractivity contribution is 0.411. The summed E-state index contributed by atoms with van der Waals surface area (Å²) in [6.07, 6.45) is 4.61. The number of aromatic nitrogens is 3. The molecule has 0 radical (unpaired) electrons. The summed E-state index contributed by atoms with van der Waals surface area (Å²) in [5.41, 5.74) is 1.87. The van der Waals surface area contributed by atoms with Crippen LogP contribution in [-0.4, -0.2) is 22.1 Å². The maximum atomic E-state index is 8.83. The van der Waals surface area contributed by atoms with Crippen molar-refractivity contribution < 1.29 is 4.74 Å². The topological polar surface area (TPSA) is 74.6 Å². The molecule has 2 rings (SSSR count). The summed E-state index contributed by atoms with van der Waals surface area (Å²) >= 11 is 5.06. The van der Waals surface area contributed by atoms with Crippen molar-refractivity contribution >= 4 is 12.2 Å². The lowest BCUT2D eigenvalue weighted by Gasteiger charge is -2.07. The molecule has 0 aliphatic rings. The van der Waals surface area contributed by atoms with Crippen LogP contribution in [0.4, 0.5) is 0 Å². The van der Waals surface area contributed by atoms with Crippen LogP contribution >= 0.6 is 12.2 Å². The number of aromatic amines is 1. The Kier molecular flexibility index (Phi) is 3.12. The van der Waals surface area contributed by atoms with Crippen LogP contribution in [-0.2, 0) is 0 Å². The van der Waals surface area contributed by atoms with Gasteiger partial charge in [0, 0.05) is 18.0 Å². The van der Waals surface area contributed by atoms with Gasteiger partial charge in [-0.1, -0.05) is 12.2 Å². The van der Waals surface area contributed by atoms with Crippen molar-refractivity contribution in [2.75, 3.05) is 7.11 Å². The van der Waals surface area contributed by atoms with Crippen molar-refractivity contribution in [3.8, 4) is 23.1 Å². The van der Waals surface area contributed by atoms with Gasteiger partial charge in [0.25, 0.3) is 0 Å². The monoisotopic (exact) mass is 244 g/mol. The predicted octanol–water partition coefficient (Wildman–Crippen LogP) is 2.08. The van der Waals surface area contributed by atoms with Crippen LogP contribution in [0.15, 0.2) is 24.8 Å². The number of nitriles is 1. The summed E-state index contributed by atoms with van der Waals surface area (Å²) in [4.78, 5) is 10.9. The molecule has 0 aliphatic heterocycles. The molecule has 0 atom stereocenters. The van der Waals surface area contributed by atoms with E-state index in [9.17, 15) is 0 Å². The van der Waals surface area contributed by atoms with E-state index in [0.717, 1.165) is 5.56 Å². The molecule has 0 spiro atoms. The number of rotatable bonds is 2. The summed E-state index contributed by atoms with van der Waals surface area (Å²) < 4.78 is 5.56. The van der Waals surface area contributed by atoms with Gasteiger partial charge in [-0.15, -0.1) is 0 Å². The van der Waals surface area contributed by atoms with Crippen LogP contribution in [0.2, 0.25) is 0 Å². The van der Waals surface area contributed by atoms with Crippen LogP contribution < -0.4 is 4.74 Å². The second-order valence-electron chi connectivity index (χ2n) is 3.19. The Balaban J connectivity index is 2.65. The average Bonchev–Trinajstić information content (AvgIpc) is 2.38. The van der Waals surface area contributed by atoms with Gasteiger partial charge >= 0.3 is 0 Å². The van der Waals surface area contributed by atoms with Gasteiger partial charge in [0.15, 0.2) is 10.4 Å². The Morgan fingerprint density at radius 1 is 1.47 bits per heavy atom. The van der Waals surface area contributed by atoms with Gasteiger partial charge in [0.05, 0.1) is 24.7 Å². The SMILES string of the molecule is COc1c(-c2cncc(C#N)c2)[nH]cnc1=S. The Morgan fingerprint density at radius 2 is 2.29 bits per heavy atom. The van der Waals surface area contributed by atoms with Crippen molar-refractivity contribution in [1.29, 1.82) is 5.26 Å². The minimum absolute atomic E-state index is 0.364. The lowest BCUT2D eigenvalue weighted by Crippen LogP contribution is -1.95. The van der Waals surface area contributed by atoms with E-state index < -0.39 is 0 Å². The third-order valence-electron chi connectivity index (χ3n) is 2.17. The summed E-state index contributed by atoms with van der Waals surface area (Å²) in [5, 5.41) is 8.83. The van der Waals surface area contributed by atoms with Gasteiger partial charge < -0.3 is 9.72 Å². The molecule has 0 aromatic carbocycles. The fourth-order valence-corrected chi connectivity index (χ4v) is 1.67. The second-order valence-corrected chi connectivity index (χ2v) is 3.58. The highest BCUT2D eigenvalue weighted by Gasteiger charge is 2.09. The predicted molar refractivity (Wildman–Crippen MR) is 63.9 cm³/mol. The molecular formula is C11H8N4OS. The lowest BCUT2D eigenvalue weighted by atomic mass is 10.1. The number of hydrogen-bond acceptors (Lipinski definition) is 5. The maximum absolute atomic E-state index is 8.83. The molecule has 0 bridgehead atoms. The van der Waals surface area contributed by atoms with Gasteiger partial charge in [-0.05, 0) is 6.07 Å². The standard InChI is InChI=1S/C11H8N4OS/c1-16-10-9(14-6-15-11(10)17)8-2-7(3-12)4-13-5-8/h2,4-6H,1H3,(H,14,15,17). The first-order valence-corrected chi connectivity index (χ1v) is 5.14. The molecule has 0 saturated heterocycles. The van der Waals surface area contributed by atoms with Crippen molar-refractivity contribution in [3.63, 3.8) is 0 Å². The molecule has 84 valence electrons. The molecule has 2 aromatic rings. The fraction of sp³-hybridized carbons (Fsp3) is 0.0909. The van der Waals surface area contributed by atoms with Crippen molar-refractivity contribution in [1.82, 2.24) is 15.0 Å². The Bertz CT molecular complexity index is 644. The highest BCUT2D eigenvalue weighted by atomic mass is 32.1. The van der Waals surface area contributed by atoms with E-state index >= 15 is 0 Å². The minimum Gasteiger partial charge on any atom is -0.491 e. The second kappa shape index (κ2) is 4.72. The smallest absolute Gasteiger partial charge is 0.179 e. The Morgan fingerprint density at radius 3 is 3.00 bits per heavy atom. The first kappa shape index (κ1) is 11.2. The molecule has 0 saturated carbocycles. The zero-order valence-corrected chi connectivity index (χ0v) is 9.78. The fourth-order valence-electron chi connectivity index (χ4n) is 1.43. The van der Waals surface area contributed by atoms with Gasteiger partial charge in [-0.2, -0.15) is 5.26 Å². The largest absolute Gasteiger partial charge is 0.491 e. The number of nitrogens with zero attached hydrogens (tertiary/aromatic N) is 3. The molecule has 17 heavy (non-hydrogen) atoms. The normalized spacial score (nSPS) is 9.65. The number of ether oxygens (including phenoxy) is 1. The van der Waals surface area contributed by atoms with Gasteiger partial charge in [0.1, 0.15) is 6.07 Å². The molecule has 2 aromatic heterocycles. The quantitative estimate of drug-likeness (QED) is 0.818. The minimum atomic E-state index is 0.364. The van der Waals surface area contributed by atoms with Gasteiger partial charge in [-0.25, -0.2) is 4.98 Å². The Hall–Kier alpha value is -2.26. The molecule has 5 nitrogen and oxygen atoms in total. The number of hydrogen-bond donors (Lipinski definition) is 1. The molecule has 0 amide bonds. The van der Waals surface area contributed by atoms with Crippen LogP contribution in [0.3, 0.4) is 0 Å². The number of H-pyrrole nitrogens is 1. The van der Waals surface area contributed by atoms with Crippen molar-refractivity contribution in [2.45, 2.75) is 0 Å². The summed E-state index contributed by atoms with van der Waals surface area (Å²) in [5.74, 6) is 0.472. The highest BCUT2D eigenvalue weighted by Crippen LogP contribution is 2.27. The summed E-state index contributed by atoms with van der Waals surface area (Å²) in [6, 6.07) is 3.73. The van der Waals surface area contributed by atoms with E-state index in [1.54, 1.807) is 12.3 Å². The van der Waals surface area contributed by atoms with E-state index in [-0.39, 0.29) is 0 Å². The number of methoxy groups -OCH3 is 1. The summed E-state index contributed by atoms with van der Waals surface area (Å²) in [7, 11) is 1.52. The molecule has 1 N–H and O–H groups in total. The zero-order chi connectivity index (χ0) is 12.3. The van der Waals surface area contributed by atoms with Crippen LogP contribution in [0, 0.1) is 16.0 Å². The molecule has 0 aliphatic carbocycles. The van der Waals surface area contributed by atoms with E-state index in [1.807, 2.05) is 6.07 Å². The molecule has 0 fully saturated rings. The van der Waals surface area contributed by atoms with E-state index in [2.05, 4.69) is 15.0 Å². The molecule has 6 heteroatoms. The third kappa shape index (κ3) is 2.14. The van der Waals surface area contributed by atoms with E-state index in [0.29, 0.717) is 21.6 Å². The van der Waals surface area contributed by atoms with E-state index in [4.69, 9.17) is 22.2 Å². The van der Waals surface area contributed by atoms with Crippen molar-refractivity contribution in [3.05, 3.63) is 35.0 Å². The first-order valence-electron chi connectivity index (χ1n) is 4.73.